The third-order valence-corrected chi connectivity index (χ3v) is 6.07. The number of benzene rings is 1. The van der Waals surface area contributed by atoms with Crippen molar-refractivity contribution in [2.45, 2.75) is 30.7 Å². The van der Waals surface area contributed by atoms with Gasteiger partial charge in [-0.2, -0.15) is 0 Å². The van der Waals surface area contributed by atoms with Crippen LogP contribution in [0.25, 0.3) is 0 Å². The van der Waals surface area contributed by atoms with E-state index in [1.54, 1.807) is 28.8 Å². The maximum atomic E-state index is 12.6. The molecule has 0 saturated carbocycles. The van der Waals surface area contributed by atoms with E-state index in [9.17, 15) is 19.2 Å². The summed E-state index contributed by atoms with van der Waals surface area (Å²) in [6.07, 6.45) is 1.22. The summed E-state index contributed by atoms with van der Waals surface area (Å²) in [5.74, 6) is -1.32. The molecule has 3 N–H and O–H groups in total. The average molecular weight is 377 g/mol. The summed E-state index contributed by atoms with van der Waals surface area (Å²) in [5.41, 5.74) is 0.804. The van der Waals surface area contributed by atoms with E-state index in [1.807, 2.05) is 6.92 Å². The average Bonchev–Trinajstić information content (AvgIpc) is 3.09. The highest BCUT2D eigenvalue weighted by Crippen LogP contribution is 2.47. The Morgan fingerprint density at radius 2 is 2.00 bits per heavy atom. The second-order valence-corrected chi connectivity index (χ2v) is 7.91. The van der Waals surface area contributed by atoms with E-state index in [-0.39, 0.29) is 16.7 Å². The van der Waals surface area contributed by atoms with Crippen LogP contribution >= 0.6 is 11.8 Å². The van der Waals surface area contributed by atoms with Crippen molar-refractivity contribution in [2.24, 2.45) is 0 Å². The van der Waals surface area contributed by atoms with Gasteiger partial charge < -0.3 is 20.6 Å². The van der Waals surface area contributed by atoms with Gasteiger partial charge >= 0.3 is 5.97 Å². The van der Waals surface area contributed by atoms with Gasteiger partial charge in [-0.25, -0.2) is 0 Å². The van der Waals surface area contributed by atoms with Gasteiger partial charge in [0.15, 0.2) is 0 Å². The summed E-state index contributed by atoms with van der Waals surface area (Å²) < 4.78 is 0. The third kappa shape index (κ3) is 3.52. The quantitative estimate of drug-likeness (QED) is 0.702. The van der Waals surface area contributed by atoms with Gasteiger partial charge in [-0.15, -0.1) is 11.8 Å². The first-order valence-corrected chi connectivity index (χ1v) is 9.16. The fourth-order valence-electron chi connectivity index (χ4n) is 3.20. The molecule has 0 aliphatic carbocycles. The van der Waals surface area contributed by atoms with E-state index in [0.29, 0.717) is 23.4 Å². The molecule has 9 heteroatoms. The Bertz CT molecular complexity index is 766. The highest BCUT2D eigenvalue weighted by Gasteiger charge is 2.52. The number of fused-ring (bicyclic) bond motifs is 1. The molecule has 2 heterocycles. The summed E-state index contributed by atoms with van der Waals surface area (Å²) >= 11 is 1.62. The van der Waals surface area contributed by atoms with E-state index >= 15 is 0 Å². The lowest BCUT2D eigenvalue weighted by molar-refractivity contribution is -0.136. The Morgan fingerprint density at radius 3 is 2.65 bits per heavy atom. The van der Waals surface area contributed by atoms with Crippen molar-refractivity contribution < 1.29 is 24.3 Å². The topological polar surface area (TPSA) is 116 Å². The van der Waals surface area contributed by atoms with Crippen molar-refractivity contribution >= 4 is 41.1 Å². The zero-order chi connectivity index (χ0) is 18.9. The van der Waals surface area contributed by atoms with E-state index < -0.39 is 24.5 Å². The zero-order valence-electron chi connectivity index (χ0n) is 14.2. The zero-order valence-corrected chi connectivity index (χ0v) is 15.0. The number of carboxylic acids is 1. The normalized spacial score (nSPS) is 24.3. The fourth-order valence-corrected chi connectivity index (χ4v) is 4.64. The first-order chi connectivity index (χ1) is 12.3. The Labute approximate surface area is 154 Å². The predicted octanol–water partition coefficient (Wildman–Crippen LogP) is 0.893. The van der Waals surface area contributed by atoms with Crippen LogP contribution in [0.15, 0.2) is 24.3 Å². The molecule has 1 aromatic rings. The molecule has 2 fully saturated rings. The van der Waals surface area contributed by atoms with Crippen LogP contribution in [0.4, 0.5) is 5.69 Å². The molecular weight excluding hydrogens is 358 g/mol. The minimum absolute atomic E-state index is 0.00287. The first kappa shape index (κ1) is 18.2. The number of hydrogen-bond acceptors (Lipinski definition) is 5. The fraction of sp³-hybridized carbons (Fsp3) is 0.412. The van der Waals surface area contributed by atoms with Crippen LogP contribution in [0.2, 0.25) is 0 Å². The number of hydrogen-bond donors (Lipinski definition) is 3. The summed E-state index contributed by atoms with van der Waals surface area (Å²) in [6.45, 7) is 1.53. The van der Waals surface area contributed by atoms with Crippen LogP contribution in [0.5, 0.6) is 0 Å². The molecule has 2 aliphatic rings. The van der Waals surface area contributed by atoms with Crippen LogP contribution in [-0.4, -0.2) is 56.9 Å². The van der Waals surface area contributed by atoms with E-state index in [4.69, 9.17) is 5.11 Å². The molecule has 2 atom stereocenters. The van der Waals surface area contributed by atoms with Crippen LogP contribution in [-0.2, 0) is 14.4 Å². The molecule has 2 aliphatic heterocycles. The van der Waals surface area contributed by atoms with E-state index in [2.05, 4.69) is 10.6 Å². The van der Waals surface area contributed by atoms with Crippen molar-refractivity contribution in [1.29, 1.82) is 0 Å². The van der Waals surface area contributed by atoms with Gasteiger partial charge in [-0.1, -0.05) is 0 Å². The number of nitrogens with one attached hydrogen (secondary N) is 2. The third-order valence-electron chi connectivity index (χ3n) is 4.56. The highest BCUT2D eigenvalue weighted by atomic mass is 32.2. The van der Waals surface area contributed by atoms with Crippen LogP contribution in [0.3, 0.4) is 0 Å². The highest BCUT2D eigenvalue weighted by molar-refractivity contribution is 8.01. The number of rotatable bonds is 5. The molecule has 2 unspecified atom stereocenters. The number of aliphatic carboxylic acids is 1. The van der Waals surface area contributed by atoms with Crippen molar-refractivity contribution in [3.05, 3.63) is 29.8 Å². The van der Waals surface area contributed by atoms with Crippen molar-refractivity contribution in [3.63, 3.8) is 0 Å². The van der Waals surface area contributed by atoms with Gasteiger partial charge in [0.25, 0.3) is 5.91 Å². The first-order valence-electron chi connectivity index (χ1n) is 8.17. The largest absolute Gasteiger partial charge is 0.480 e. The number of carbonyl (C=O) groups is 4. The van der Waals surface area contributed by atoms with Gasteiger partial charge in [0, 0.05) is 23.4 Å². The molecule has 0 radical (unpaired) electrons. The molecule has 3 rings (SSSR count). The summed E-state index contributed by atoms with van der Waals surface area (Å²) in [5, 5.41) is 13.6. The molecule has 3 amide bonds. The van der Waals surface area contributed by atoms with Gasteiger partial charge in [0.05, 0.1) is 4.87 Å². The molecule has 138 valence electrons. The van der Waals surface area contributed by atoms with Crippen molar-refractivity contribution in [1.82, 2.24) is 10.2 Å². The maximum Gasteiger partial charge on any atom is 0.322 e. The van der Waals surface area contributed by atoms with E-state index in [0.717, 1.165) is 6.42 Å². The molecule has 26 heavy (non-hydrogen) atoms. The minimum atomic E-state index is -1.12. The molecular formula is C17H19N3O5S. The van der Waals surface area contributed by atoms with Crippen LogP contribution in [0.1, 0.15) is 30.1 Å². The summed E-state index contributed by atoms with van der Waals surface area (Å²) in [4.78, 5) is 48.3. The van der Waals surface area contributed by atoms with Crippen molar-refractivity contribution in [3.8, 4) is 0 Å². The van der Waals surface area contributed by atoms with Crippen LogP contribution in [0, 0.1) is 0 Å². The number of nitrogens with zero attached hydrogens (tertiary/aromatic N) is 1. The second kappa shape index (κ2) is 6.99. The number of amides is 3. The van der Waals surface area contributed by atoms with E-state index in [1.165, 1.54) is 12.1 Å². The number of anilines is 1. The standard InChI is InChI=1S/C17H19N3O5S/c1-17-7-6-13(21)20(17)12(9-26-17)16(25)19-11-4-2-10(3-5-11)15(24)18-8-14(22)23/h2-5,12H,6-9H2,1H3,(H,18,24)(H,19,25)(H,22,23). The molecule has 0 bridgehead atoms. The number of carboxylic acid groups (broad SMARTS) is 1. The second-order valence-electron chi connectivity index (χ2n) is 6.41. The Balaban J connectivity index is 1.62. The molecule has 1 aromatic carbocycles. The smallest absolute Gasteiger partial charge is 0.322 e. The maximum absolute atomic E-state index is 12.6. The van der Waals surface area contributed by atoms with Gasteiger partial charge in [-0.3, -0.25) is 19.2 Å². The SMILES string of the molecule is CC12CCC(=O)N1C(C(=O)Nc1ccc(C(=O)NCC(=O)O)cc1)CS2. The van der Waals surface area contributed by atoms with Gasteiger partial charge in [0.2, 0.25) is 11.8 Å². The lowest BCUT2D eigenvalue weighted by Gasteiger charge is -2.29. The lowest BCUT2D eigenvalue weighted by Crippen LogP contribution is -2.48. The monoisotopic (exact) mass is 377 g/mol. The molecule has 0 aromatic heterocycles. The van der Waals surface area contributed by atoms with Crippen LogP contribution < -0.4 is 10.6 Å². The molecule has 8 nitrogen and oxygen atoms in total. The predicted molar refractivity (Wildman–Crippen MR) is 95.8 cm³/mol. The van der Waals surface area contributed by atoms with Gasteiger partial charge in [0.1, 0.15) is 12.6 Å². The number of carbonyl (C=O) groups excluding carboxylic acids is 3. The summed E-state index contributed by atoms with van der Waals surface area (Å²) in [7, 11) is 0. The summed E-state index contributed by atoms with van der Waals surface area (Å²) in [6, 6.07) is 5.64. The lowest BCUT2D eigenvalue weighted by atomic mass is 10.1. The Kier molecular flexibility index (Phi) is 4.90. The Hall–Kier alpha value is -2.55. The number of thioether (sulfide) groups is 1. The molecule has 2 saturated heterocycles. The minimum Gasteiger partial charge on any atom is -0.480 e. The van der Waals surface area contributed by atoms with Crippen molar-refractivity contribution in [2.75, 3.05) is 17.6 Å². The molecule has 0 spiro atoms. The Morgan fingerprint density at radius 1 is 1.31 bits per heavy atom. The van der Waals surface area contributed by atoms with Gasteiger partial charge in [-0.05, 0) is 37.6 Å².